The molecule has 162 valence electrons. The second kappa shape index (κ2) is 10.4. The van der Waals surface area contributed by atoms with Gasteiger partial charge in [-0.05, 0) is 37.1 Å². The van der Waals surface area contributed by atoms with Crippen molar-refractivity contribution in [3.05, 3.63) is 35.0 Å². The van der Waals surface area contributed by atoms with E-state index in [1.165, 1.54) is 12.3 Å². The van der Waals surface area contributed by atoms with Crippen LogP contribution in [0.1, 0.15) is 43.7 Å². The van der Waals surface area contributed by atoms with Gasteiger partial charge >= 0.3 is 6.18 Å². The van der Waals surface area contributed by atoms with E-state index in [1.807, 2.05) is 0 Å². The van der Waals surface area contributed by atoms with Gasteiger partial charge in [-0.15, -0.1) is 11.3 Å². The highest BCUT2D eigenvalue weighted by Crippen LogP contribution is 2.40. The van der Waals surface area contributed by atoms with Gasteiger partial charge in [-0.25, -0.2) is 4.98 Å². The summed E-state index contributed by atoms with van der Waals surface area (Å²) in [6.07, 6.45) is -0.0441. The Morgan fingerprint density at radius 1 is 1.17 bits per heavy atom. The molecule has 9 heteroatoms. The third-order valence-corrected chi connectivity index (χ3v) is 5.60. The molecule has 3 N–H and O–H groups in total. The van der Waals surface area contributed by atoms with E-state index in [0.717, 1.165) is 36.7 Å². The summed E-state index contributed by atoms with van der Waals surface area (Å²) in [5.41, 5.74) is 4.40. The van der Waals surface area contributed by atoms with E-state index in [0.29, 0.717) is 22.1 Å². The van der Waals surface area contributed by atoms with Crippen LogP contribution in [-0.2, 0) is 16.5 Å². The topological polar surface area (TPSA) is 77.6 Å². The second-order valence-corrected chi connectivity index (χ2v) is 8.01. The fraction of sp³-hybridized carbons (Fsp3) is 0.550. The SMILES string of the molecule is CCCCCOCCOc1ccc(-c2cnc([C@@](C)(N)CO)s2)cc1C(F)(F)F. The Labute approximate surface area is 172 Å². The molecule has 0 spiro atoms. The molecule has 0 aliphatic rings. The number of aliphatic hydroxyl groups is 1. The van der Waals surface area contributed by atoms with Crippen molar-refractivity contribution in [2.24, 2.45) is 5.73 Å². The summed E-state index contributed by atoms with van der Waals surface area (Å²) >= 11 is 1.15. The number of hydrogen-bond donors (Lipinski definition) is 2. The lowest BCUT2D eigenvalue weighted by Crippen LogP contribution is -2.36. The molecule has 2 rings (SSSR count). The van der Waals surface area contributed by atoms with Gasteiger partial charge in [0.1, 0.15) is 17.4 Å². The van der Waals surface area contributed by atoms with Gasteiger partial charge in [0, 0.05) is 12.8 Å². The van der Waals surface area contributed by atoms with Gasteiger partial charge in [0.2, 0.25) is 0 Å². The molecule has 2 aromatic rings. The molecule has 29 heavy (non-hydrogen) atoms. The third kappa shape index (κ3) is 6.67. The van der Waals surface area contributed by atoms with Crippen molar-refractivity contribution in [3.63, 3.8) is 0 Å². The number of rotatable bonds is 11. The van der Waals surface area contributed by atoms with E-state index in [-0.39, 0.29) is 25.6 Å². The summed E-state index contributed by atoms with van der Waals surface area (Å²) in [6.45, 7) is 4.22. The molecule has 1 aromatic carbocycles. The van der Waals surface area contributed by atoms with E-state index in [2.05, 4.69) is 11.9 Å². The van der Waals surface area contributed by atoms with Crippen LogP contribution in [0.4, 0.5) is 13.2 Å². The van der Waals surface area contributed by atoms with E-state index in [4.69, 9.17) is 15.2 Å². The van der Waals surface area contributed by atoms with Crippen LogP contribution in [-0.4, -0.2) is 36.5 Å². The number of aliphatic hydroxyl groups excluding tert-OH is 1. The number of hydrogen-bond acceptors (Lipinski definition) is 6. The van der Waals surface area contributed by atoms with Gasteiger partial charge in [0.15, 0.2) is 0 Å². The fourth-order valence-corrected chi connectivity index (χ4v) is 3.50. The number of halogens is 3. The Hall–Kier alpha value is -1.68. The molecular formula is C20H27F3N2O3S. The molecule has 0 radical (unpaired) electrons. The maximum absolute atomic E-state index is 13.5. The summed E-state index contributed by atoms with van der Waals surface area (Å²) in [6, 6.07) is 3.90. The third-order valence-electron chi connectivity index (χ3n) is 4.27. The Balaban J connectivity index is 2.12. The van der Waals surface area contributed by atoms with E-state index < -0.39 is 17.3 Å². The number of ether oxygens (including phenoxy) is 2. The van der Waals surface area contributed by atoms with Gasteiger partial charge in [-0.1, -0.05) is 19.8 Å². The highest BCUT2D eigenvalue weighted by molar-refractivity contribution is 7.15. The van der Waals surface area contributed by atoms with Crippen molar-refractivity contribution < 1.29 is 27.8 Å². The zero-order valence-corrected chi connectivity index (χ0v) is 17.4. The lowest BCUT2D eigenvalue weighted by molar-refractivity contribution is -0.139. The van der Waals surface area contributed by atoms with Crippen molar-refractivity contribution in [1.29, 1.82) is 0 Å². The first-order valence-corrected chi connectivity index (χ1v) is 10.3. The number of benzene rings is 1. The van der Waals surface area contributed by atoms with Crippen LogP contribution in [0.25, 0.3) is 10.4 Å². The number of nitrogens with two attached hydrogens (primary N) is 1. The van der Waals surface area contributed by atoms with E-state index in [1.54, 1.807) is 13.0 Å². The average molecular weight is 433 g/mol. The van der Waals surface area contributed by atoms with Crippen LogP contribution in [0.2, 0.25) is 0 Å². The average Bonchev–Trinajstić information content (AvgIpc) is 3.18. The number of nitrogens with zero attached hydrogens (tertiary/aromatic N) is 1. The van der Waals surface area contributed by atoms with Gasteiger partial charge in [0.05, 0.1) is 29.2 Å². The van der Waals surface area contributed by atoms with E-state index in [9.17, 15) is 18.3 Å². The lowest BCUT2D eigenvalue weighted by Gasteiger charge is -2.18. The normalized spacial score (nSPS) is 14.0. The Bertz CT molecular complexity index is 779. The number of alkyl halides is 3. The molecule has 1 aromatic heterocycles. The predicted molar refractivity (Wildman–Crippen MR) is 107 cm³/mol. The smallest absolute Gasteiger partial charge is 0.419 e. The van der Waals surface area contributed by atoms with Crippen LogP contribution < -0.4 is 10.5 Å². The summed E-state index contributed by atoms with van der Waals surface area (Å²) < 4.78 is 51.3. The molecule has 1 heterocycles. The van der Waals surface area contributed by atoms with Crippen LogP contribution in [0.5, 0.6) is 5.75 Å². The summed E-state index contributed by atoms with van der Waals surface area (Å²) in [5.74, 6) is -0.234. The Kier molecular flexibility index (Phi) is 8.45. The lowest BCUT2D eigenvalue weighted by atomic mass is 10.1. The van der Waals surface area contributed by atoms with Crippen molar-refractivity contribution in [2.75, 3.05) is 26.4 Å². The van der Waals surface area contributed by atoms with Crippen molar-refractivity contribution >= 4 is 11.3 Å². The monoisotopic (exact) mass is 432 g/mol. The maximum Gasteiger partial charge on any atom is 0.419 e. The molecule has 0 unspecified atom stereocenters. The predicted octanol–water partition coefficient (Wildman–Crippen LogP) is 4.58. The fourth-order valence-electron chi connectivity index (χ4n) is 2.54. The zero-order chi connectivity index (χ0) is 21.5. The zero-order valence-electron chi connectivity index (χ0n) is 16.6. The largest absolute Gasteiger partial charge is 0.491 e. The number of unbranched alkanes of at least 4 members (excludes halogenated alkanes) is 2. The highest BCUT2D eigenvalue weighted by atomic mass is 32.1. The first-order chi connectivity index (χ1) is 13.7. The molecule has 0 bridgehead atoms. The minimum absolute atomic E-state index is 0.0429. The summed E-state index contributed by atoms with van der Waals surface area (Å²) in [5, 5.41) is 9.79. The second-order valence-electron chi connectivity index (χ2n) is 6.98. The molecule has 0 saturated carbocycles. The molecular weight excluding hydrogens is 405 g/mol. The van der Waals surface area contributed by atoms with Gasteiger partial charge < -0.3 is 20.3 Å². The standard InChI is InChI=1S/C20H27F3N2O3S/c1-3-4-5-8-27-9-10-28-16-7-6-14(11-15(16)20(21,22)23)17-12-25-18(29-17)19(2,24)13-26/h6-7,11-12,26H,3-5,8-10,13,24H2,1-2H3/t19-/m0/s1. The Morgan fingerprint density at radius 2 is 1.93 bits per heavy atom. The highest BCUT2D eigenvalue weighted by Gasteiger charge is 2.35. The van der Waals surface area contributed by atoms with Crippen LogP contribution >= 0.6 is 11.3 Å². The quantitative estimate of drug-likeness (QED) is 0.508. The number of aromatic nitrogens is 1. The van der Waals surface area contributed by atoms with Crippen molar-refractivity contribution in [2.45, 2.75) is 44.8 Å². The minimum atomic E-state index is -4.56. The molecule has 0 saturated heterocycles. The molecule has 0 aliphatic carbocycles. The molecule has 1 atom stereocenters. The maximum atomic E-state index is 13.5. The Morgan fingerprint density at radius 3 is 2.59 bits per heavy atom. The van der Waals surface area contributed by atoms with Gasteiger partial charge in [-0.3, -0.25) is 0 Å². The van der Waals surface area contributed by atoms with Crippen LogP contribution in [0.15, 0.2) is 24.4 Å². The minimum Gasteiger partial charge on any atom is -0.491 e. The van der Waals surface area contributed by atoms with Crippen LogP contribution in [0.3, 0.4) is 0 Å². The van der Waals surface area contributed by atoms with Gasteiger partial charge in [0.25, 0.3) is 0 Å². The van der Waals surface area contributed by atoms with Gasteiger partial charge in [-0.2, -0.15) is 13.2 Å². The first kappa shape index (κ1) is 23.6. The van der Waals surface area contributed by atoms with Crippen molar-refractivity contribution in [3.8, 4) is 16.2 Å². The molecule has 0 aliphatic heterocycles. The van der Waals surface area contributed by atoms with Crippen molar-refractivity contribution in [1.82, 2.24) is 4.98 Å². The first-order valence-electron chi connectivity index (χ1n) is 9.47. The van der Waals surface area contributed by atoms with Crippen LogP contribution in [0, 0.1) is 0 Å². The summed E-state index contributed by atoms with van der Waals surface area (Å²) in [7, 11) is 0. The number of thiazole rings is 1. The molecule has 0 fully saturated rings. The van der Waals surface area contributed by atoms with E-state index >= 15 is 0 Å². The molecule has 5 nitrogen and oxygen atoms in total. The summed E-state index contributed by atoms with van der Waals surface area (Å²) in [4.78, 5) is 4.67. The molecule has 0 amide bonds.